The molecule has 20 aromatic carbocycles. The average Bonchev–Trinajstić information content (AvgIpc) is 1.56. The van der Waals surface area contributed by atoms with Gasteiger partial charge in [-0.05, 0) is 194 Å². The van der Waals surface area contributed by atoms with Crippen molar-refractivity contribution in [2.45, 2.75) is 6.92 Å². The SMILES string of the molecule is [3H]CP.[C-]#[N+]c1ccc2c(c1)c1ccccc1n2-c1cccc(-n2c3ccccc3c3cc(C)ccc32)n1.c1cc(-n2c3ccccc3c3ccccc32)cc(-n2c3ccccc3c3ccccc32)c1.c1cc(-n2c3ccccc3c3ccccc32)nc(-n2c3ccccc3c3ccccc32)c1.c1ccc2c(c1)c1ccccc1n2-c1cc(-n2c3ccccc3c3ccccc32)cc(-n2c3ccccc3c3ccccc32)c1. The van der Waals surface area contributed by atoms with Gasteiger partial charge in [0.15, 0.2) is 5.69 Å². The molecule has 0 fully saturated rings. The van der Waals surface area contributed by atoms with Crippen molar-refractivity contribution >= 4 is 211 Å². The molecule has 11 aromatic heterocycles. The Hall–Kier alpha value is -19.2. The molecular formula is C133H91N12P. The van der Waals surface area contributed by atoms with Crippen molar-refractivity contribution in [3.05, 3.63) is 520 Å². The molecule has 146 heavy (non-hydrogen) atoms. The van der Waals surface area contributed by atoms with E-state index in [1.54, 1.807) is 0 Å². The van der Waals surface area contributed by atoms with Crippen molar-refractivity contribution in [1.82, 2.24) is 51.1 Å². The summed E-state index contributed by atoms with van der Waals surface area (Å²) >= 11 is 0. The zero-order valence-corrected chi connectivity index (χ0v) is 80.7. The summed E-state index contributed by atoms with van der Waals surface area (Å²) in [6, 6.07) is 179. The van der Waals surface area contributed by atoms with E-state index in [-0.39, 0.29) is 0 Å². The third kappa shape index (κ3) is 13.9. The molecule has 1 atom stereocenters. The molecule has 0 bridgehead atoms. The van der Waals surface area contributed by atoms with E-state index in [9.17, 15) is 0 Å². The molecule has 31 aromatic rings. The zero-order valence-electron chi connectivity index (χ0n) is 80.6. The lowest BCUT2D eigenvalue weighted by atomic mass is 10.1. The molecule has 0 amide bonds. The second kappa shape index (κ2) is 35.6. The summed E-state index contributed by atoms with van der Waals surface area (Å²) in [5.74, 6) is 3.56. The van der Waals surface area contributed by atoms with Gasteiger partial charge in [-0.15, -0.1) is 9.24 Å². The number of pyridine rings is 2. The Kier molecular flexibility index (Phi) is 20.7. The number of hydrogen-bond acceptors (Lipinski definition) is 2. The molecule has 31 rings (SSSR count). The van der Waals surface area contributed by atoms with Crippen LogP contribution in [-0.2, 0) is 0 Å². The molecule has 11 heterocycles. The van der Waals surface area contributed by atoms with Crippen LogP contribution in [0, 0.1) is 13.5 Å². The standard InChI is InChI=1S/C42H27N3.C31H20N4.C30H20N2.C29H19N3.CH5P/c1-7-19-37-31(13-1)32-14-2-8-20-38(32)43(37)28-25-29(44-39-21-9-3-15-33(39)34-16-4-10-22-40(34)44)27-30(26-28)45-41-23-11-5-17-35(41)36-18-6-12-24-42(36)45;1-20-14-16-28-24(18-20)22-8-3-5-10-26(22)34(28)30-12-7-13-31(33-30)35-27-11-6-4-9-23(27)25-19-21(32-2)15-17-29(25)35;1-5-16-27-23(12-1)24-13-2-6-17-28(24)31(27)21-10-9-11-22(20-21)32-29-18-7-3-14-25(29)26-15-4-8-19-30(26)32;1-5-14-24-20(10-1)21-11-2-6-15-25(21)31(24)28-18-9-19-29(30-28)32-26-16-7-3-12-22(26)23-13-4-8-17-27(23)32;1-2/h1-27H;3-19H,1H3;1-20H;1-19H;2H2,1H3/i;;;;1T. The number of fused-ring (bicyclic) bond motifs is 27. The van der Waals surface area contributed by atoms with Gasteiger partial charge in [-0.1, -0.05) is 334 Å². The number of hydrogen-bond donors (Lipinski definition) is 0. The van der Waals surface area contributed by atoms with Crippen LogP contribution >= 0.6 is 9.24 Å². The first-order valence-corrected chi connectivity index (χ1v) is 50.1. The van der Waals surface area contributed by atoms with Crippen LogP contribution in [0.15, 0.2) is 504 Å². The van der Waals surface area contributed by atoms with Gasteiger partial charge in [0.1, 0.15) is 23.3 Å². The fraction of sp³-hybridized carbons (Fsp3) is 0.0150. The third-order valence-corrected chi connectivity index (χ3v) is 29.0. The zero-order chi connectivity index (χ0) is 97.8. The van der Waals surface area contributed by atoms with E-state index >= 15 is 0 Å². The Morgan fingerprint density at radius 1 is 0.178 bits per heavy atom. The highest BCUT2D eigenvalue weighted by molar-refractivity contribution is 7.15. The van der Waals surface area contributed by atoms with Crippen LogP contribution < -0.4 is 0 Å². The van der Waals surface area contributed by atoms with Gasteiger partial charge in [-0.3, -0.25) is 18.3 Å². The predicted octanol–water partition coefficient (Wildman–Crippen LogP) is 34.8. The van der Waals surface area contributed by atoms with Crippen molar-refractivity contribution in [1.29, 1.82) is 0 Å². The quantitative estimate of drug-likeness (QED) is 0.107. The summed E-state index contributed by atoms with van der Waals surface area (Å²) in [7, 11) is 2.25. The van der Waals surface area contributed by atoms with Gasteiger partial charge in [0.2, 0.25) is 0 Å². The van der Waals surface area contributed by atoms with Crippen molar-refractivity contribution < 1.29 is 1.37 Å². The van der Waals surface area contributed by atoms with Gasteiger partial charge < -0.3 is 22.8 Å². The Balaban J connectivity index is 0.0000000970. The van der Waals surface area contributed by atoms with Crippen molar-refractivity contribution in [3.63, 3.8) is 0 Å². The van der Waals surface area contributed by atoms with Crippen LogP contribution in [0.1, 0.15) is 6.93 Å². The van der Waals surface area contributed by atoms with Gasteiger partial charge in [0.05, 0.1) is 123 Å². The lowest BCUT2D eigenvalue weighted by Crippen LogP contribution is -2.03. The van der Waals surface area contributed by atoms with Gasteiger partial charge >= 0.3 is 0 Å². The fourth-order valence-corrected chi connectivity index (χ4v) is 23.0. The van der Waals surface area contributed by atoms with Crippen LogP contribution in [0.2, 0.25) is 0 Å². The van der Waals surface area contributed by atoms with E-state index in [1.165, 1.54) is 180 Å². The van der Waals surface area contributed by atoms with Crippen LogP contribution in [0.5, 0.6) is 0 Å². The minimum absolute atomic E-state index is 0.417. The fourth-order valence-electron chi connectivity index (χ4n) is 23.0. The molecule has 0 aliphatic rings. The summed E-state index contributed by atoms with van der Waals surface area (Å²) in [4.78, 5) is 14.0. The van der Waals surface area contributed by atoms with Crippen LogP contribution in [-0.4, -0.2) is 57.7 Å². The Morgan fingerprint density at radius 3 is 0.562 bits per heavy atom. The molecule has 0 radical (unpaired) electrons. The van der Waals surface area contributed by atoms with Crippen LogP contribution in [0.25, 0.3) is 253 Å². The number of aryl methyl sites for hydroxylation is 1. The summed E-state index contributed by atoms with van der Waals surface area (Å²) in [6.45, 7) is 10.0. The number of para-hydroxylation sites is 16. The maximum atomic E-state index is 7.45. The molecule has 0 aliphatic carbocycles. The molecular weight excluding hydrogens is 1800 g/mol. The van der Waals surface area contributed by atoms with E-state index in [4.69, 9.17) is 17.9 Å². The number of nitrogens with zero attached hydrogens (tertiary/aromatic N) is 12. The minimum atomic E-state index is 0.417. The third-order valence-electron chi connectivity index (χ3n) is 29.0. The topological polar surface area (TPSA) is 74.5 Å². The first-order chi connectivity index (χ1) is 72.8. The van der Waals surface area contributed by atoms with Gasteiger partial charge in [0.25, 0.3) is 0 Å². The van der Waals surface area contributed by atoms with Crippen LogP contribution in [0.4, 0.5) is 5.69 Å². The molecule has 0 saturated carbocycles. The Bertz CT molecular complexity index is 9540. The first kappa shape index (κ1) is 84.9. The lowest BCUT2D eigenvalue weighted by molar-refractivity contribution is 1.01. The molecule has 12 nitrogen and oxygen atoms in total. The highest BCUT2D eigenvalue weighted by atomic mass is 31.0. The van der Waals surface area contributed by atoms with Gasteiger partial charge in [-0.25, -0.2) is 14.8 Å². The number of benzene rings is 20. The maximum Gasteiger partial charge on any atom is 0.188 e. The molecule has 0 saturated heterocycles. The monoisotopic (exact) mass is 1890 g/mol. The van der Waals surface area contributed by atoms with E-state index < -0.39 is 0 Å². The Morgan fingerprint density at radius 2 is 0.342 bits per heavy atom. The molecule has 0 spiro atoms. The highest BCUT2D eigenvalue weighted by Gasteiger charge is 2.25. The van der Waals surface area contributed by atoms with E-state index in [0.29, 0.717) is 12.3 Å². The molecule has 0 aliphatic heterocycles. The smallest absolute Gasteiger partial charge is 0.188 e. The number of rotatable bonds is 9. The van der Waals surface area contributed by atoms with Crippen molar-refractivity contribution in [2.24, 2.45) is 0 Å². The van der Waals surface area contributed by atoms with Crippen molar-refractivity contribution in [2.75, 3.05) is 6.64 Å². The molecule has 688 valence electrons. The normalized spacial score (nSPS) is 11.7. The summed E-state index contributed by atoms with van der Waals surface area (Å²) in [6.07, 6.45) is 0. The highest BCUT2D eigenvalue weighted by Crippen LogP contribution is 2.45. The summed E-state index contributed by atoms with van der Waals surface area (Å²) < 4.78 is 27.2. The van der Waals surface area contributed by atoms with Gasteiger partial charge in [0, 0.05) is 104 Å². The van der Waals surface area contributed by atoms with Crippen LogP contribution in [0.3, 0.4) is 0 Å². The number of aromatic nitrogens is 11. The van der Waals surface area contributed by atoms with E-state index in [1.807, 2.05) is 30.3 Å². The van der Waals surface area contributed by atoms with Crippen molar-refractivity contribution in [3.8, 4) is 51.7 Å². The molecule has 13 heteroatoms. The second-order valence-electron chi connectivity index (χ2n) is 37.1. The second-order valence-corrected chi connectivity index (χ2v) is 37.1. The summed E-state index contributed by atoms with van der Waals surface area (Å²) in [5, 5.41) is 22.3. The first-order valence-electron chi connectivity index (χ1n) is 50.0. The predicted molar refractivity (Wildman–Crippen MR) is 617 cm³/mol. The molecule has 0 N–H and O–H groups in total. The average molecular weight is 1890 g/mol. The maximum absolute atomic E-state index is 7.45. The Labute approximate surface area is 843 Å². The summed E-state index contributed by atoms with van der Waals surface area (Å²) in [5.41, 5.74) is 28.8. The van der Waals surface area contributed by atoms with E-state index in [0.717, 1.165) is 73.2 Å². The minimum Gasteiger partial charge on any atom is -0.309 e. The lowest BCUT2D eigenvalue weighted by Gasteiger charge is -2.17. The largest absolute Gasteiger partial charge is 0.309 e. The van der Waals surface area contributed by atoms with E-state index in [2.05, 4.69) is 535 Å². The molecule has 1 unspecified atom stereocenters. The van der Waals surface area contributed by atoms with Gasteiger partial charge in [-0.2, -0.15) is 0 Å².